The number of hydrogen-bond donors (Lipinski definition) is 0. The first kappa shape index (κ1) is 8.97. The summed E-state index contributed by atoms with van der Waals surface area (Å²) >= 11 is 0. The topological polar surface area (TPSA) is 32.7 Å². The number of hydrogen-bond acceptors (Lipinski definition) is 3. The fourth-order valence-corrected chi connectivity index (χ4v) is 1.87. The van der Waals surface area contributed by atoms with Crippen molar-refractivity contribution < 1.29 is 4.79 Å². The van der Waals surface area contributed by atoms with Gasteiger partial charge in [-0.3, -0.25) is 0 Å². The molecule has 0 N–H and O–H groups in total. The standard InChI is InChI=1S/C11H12N2O/c1-13-6-2-3-9-4-5-10(12-8-14)7-11(9)13/h4-5,7H,2-3,6H2,1H3. The molecule has 3 heteroatoms. The van der Waals surface area contributed by atoms with Crippen molar-refractivity contribution in [3.8, 4) is 0 Å². The highest BCUT2D eigenvalue weighted by molar-refractivity contribution is 5.63. The molecule has 0 fully saturated rings. The molecule has 0 saturated carbocycles. The molecule has 0 bridgehead atoms. The average molecular weight is 188 g/mol. The van der Waals surface area contributed by atoms with E-state index < -0.39 is 0 Å². The van der Waals surface area contributed by atoms with Crippen LogP contribution in [0, 0.1) is 0 Å². The molecule has 2 rings (SSSR count). The zero-order valence-electron chi connectivity index (χ0n) is 8.16. The molecule has 0 amide bonds. The van der Waals surface area contributed by atoms with Crippen LogP contribution in [0.1, 0.15) is 12.0 Å². The first-order valence-corrected chi connectivity index (χ1v) is 4.73. The van der Waals surface area contributed by atoms with Crippen molar-refractivity contribution in [3.05, 3.63) is 23.8 Å². The van der Waals surface area contributed by atoms with E-state index in [9.17, 15) is 4.79 Å². The van der Waals surface area contributed by atoms with Crippen LogP contribution in [0.5, 0.6) is 0 Å². The molecule has 0 radical (unpaired) electrons. The molecule has 0 aromatic heterocycles. The van der Waals surface area contributed by atoms with E-state index in [4.69, 9.17) is 0 Å². The van der Waals surface area contributed by atoms with E-state index in [-0.39, 0.29) is 0 Å². The molecule has 72 valence electrons. The Morgan fingerprint density at radius 1 is 1.50 bits per heavy atom. The lowest BCUT2D eigenvalue weighted by atomic mass is 10.0. The van der Waals surface area contributed by atoms with Gasteiger partial charge in [0, 0.05) is 19.3 Å². The summed E-state index contributed by atoms with van der Waals surface area (Å²) in [5.74, 6) is 0. The minimum atomic E-state index is 0.688. The highest BCUT2D eigenvalue weighted by Gasteiger charge is 2.13. The molecule has 14 heavy (non-hydrogen) atoms. The first-order valence-electron chi connectivity index (χ1n) is 4.73. The van der Waals surface area contributed by atoms with Crippen LogP contribution in [0.4, 0.5) is 11.4 Å². The van der Waals surface area contributed by atoms with Gasteiger partial charge in [0.25, 0.3) is 0 Å². The Hall–Kier alpha value is -1.60. The quantitative estimate of drug-likeness (QED) is 0.499. The predicted octanol–water partition coefficient (Wildman–Crippen LogP) is 2.04. The Kier molecular flexibility index (Phi) is 2.33. The minimum absolute atomic E-state index is 0.688. The van der Waals surface area contributed by atoms with Crippen LogP contribution in [-0.4, -0.2) is 19.7 Å². The van der Waals surface area contributed by atoms with Crippen LogP contribution in [0.2, 0.25) is 0 Å². The van der Waals surface area contributed by atoms with E-state index >= 15 is 0 Å². The van der Waals surface area contributed by atoms with E-state index in [0.29, 0.717) is 5.69 Å². The van der Waals surface area contributed by atoms with Crippen molar-refractivity contribution in [2.24, 2.45) is 4.99 Å². The van der Waals surface area contributed by atoms with Crippen molar-refractivity contribution in [1.29, 1.82) is 0 Å². The third-order valence-corrected chi connectivity index (χ3v) is 2.59. The van der Waals surface area contributed by atoms with Crippen LogP contribution in [0.25, 0.3) is 0 Å². The molecule has 1 aromatic rings. The maximum Gasteiger partial charge on any atom is 0.240 e. The van der Waals surface area contributed by atoms with Gasteiger partial charge in [0.1, 0.15) is 0 Å². The maximum absolute atomic E-state index is 10.1. The molecule has 1 aromatic carbocycles. The van der Waals surface area contributed by atoms with Gasteiger partial charge in [0.05, 0.1) is 5.69 Å². The second-order valence-electron chi connectivity index (χ2n) is 3.54. The van der Waals surface area contributed by atoms with Crippen LogP contribution >= 0.6 is 0 Å². The number of nitrogens with zero attached hydrogens (tertiary/aromatic N) is 2. The Labute approximate surface area is 83.1 Å². The third-order valence-electron chi connectivity index (χ3n) is 2.59. The summed E-state index contributed by atoms with van der Waals surface area (Å²) in [5.41, 5.74) is 3.21. The molecular weight excluding hydrogens is 176 g/mol. The van der Waals surface area contributed by atoms with Gasteiger partial charge in [-0.1, -0.05) is 6.07 Å². The zero-order chi connectivity index (χ0) is 9.97. The molecule has 0 saturated heterocycles. The van der Waals surface area contributed by atoms with Crippen LogP contribution < -0.4 is 4.90 Å². The monoisotopic (exact) mass is 188 g/mol. The summed E-state index contributed by atoms with van der Waals surface area (Å²) in [4.78, 5) is 15.9. The first-order chi connectivity index (χ1) is 6.81. The summed E-state index contributed by atoms with van der Waals surface area (Å²) in [6.45, 7) is 1.07. The van der Waals surface area contributed by atoms with Crippen LogP contribution in [0.15, 0.2) is 23.2 Å². The SMILES string of the molecule is CN1CCCc2ccc(N=C=O)cc21. The Balaban J connectivity index is 2.45. The number of carbonyl (C=O) groups excluding carboxylic acids is 1. The number of rotatable bonds is 1. The number of aryl methyl sites for hydroxylation is 1. The van der Waals surface area contributed by atoms with Crippen molar-refractivity contribution in [1.82, 2.24) is 0 Å². The minimum Gasteiger partial charge on any atom is -0.374 e. The third kappa shape index (κ3) is 1.54. The average Bonchev–Trinajstić information content (AvgIpc) is 2.20. The van der Waals surface area contributed by atoms with Gasteiger partial charge in [-0.2, -0.15) is 4.99 Å². The maximum atomic E-state index is 10.1. The highest BCUT2D eigenvalue weighted by Crippen LogP contribution is 2.29. The van der Waals surface area contributed by atoms with Crippen LogP contribution in [-0.2, 0) is 11.2 Å². The van der Waals surface area contributed by atoms with Crippen molar-refractivity contribution in [2.75, 3.05) is 18.5 Å². The highest BCUT2D eigenvalue weighted by atomic mass is 16.1. The van der Waals surface area contributed by atoms with Gasteiger partial charge in [0.15, 0.2) is 0 Å². The normalized spacial score (nSPS) is 14.5. The summed E-state index contributed by atoms with van der Waals surface area (Å²) in [7, 11) is 2.06. The number of fused-ring (bicyclic) bond motifs is 1. The van der Waals surface area contributed by atoms with Crippen molar-refractivity contribution in [2.45, 2.75) is 12.8 Å². The number of isocyanates is 1. The molecular formula is C11H12N2O. The lowest BCUT2D eigenvalue weighted by Crippen LogP contribution is -2.24. The summed E-state index contributed by atoms with van der Waals surface area (Å²) < 4.78 is 0. The fraction of sp³-hybridized carbons (Fsp3) is 0.364. The molecule has 0 spiro atoms. The van der Waals surface area contributed by atoms with E-state index in [0.717, 1.165) is 13.0 Å². The van der Waals surface area contributed by atoms with Gasteiger partial charge in [-0.15, -0.1) is 0 Å². The lowest BCUT2D eigenvalue weighted by Gasteiger charge is -2.27. The van der Waals surface area contributed by atoms with Gasteiger partial charge in [-0.25, -0.2) is 4.79 Å². The number of aliphatic imine (C=N–C) groups is 1. The van der Waals surface area contributed by atoms with Crippen LogP contribution in [0.3, 0.4) is 0 Å². The summed E-state index contributed by atoms with van der Waals surface area (Å²) in [5, 5.41) is 0. The molecule has 3 nitrogen and oxygen atoms in total. The van der Waals surface area contributed by atoms with Crippen molar-refractivity contribution in [3.63, 3.8) is 0 Å². The van der Waals surface area contributed by atoms with E-state index in [1.807, 2.05) is 18.2 Å². The number of anilines is 1. The lowest BCUT2D eigenvalue weighted by molar-refractivity contribution is 0.565. The molecule has 1 aliphatic rings. The van der Waals surface area contributed by atoms with E-state index in [2.05, 4.69) is 16.9 Å². The van der Waals surface area contributed by atoms with Gasteiger partial charge in [-0.05, 0) is 30.5 Å². The molecule has 1 aliphatic heterocycles. The van der Waals surface area contributed by atoms with Gasteiger partial charge < -0.3 is 4.90 Å². The number of benzene rings is 1. The smallest absolute Gasteiger partial charge is 0.240 e. The zero-order valence-corrected chi connectivity index (χ0v) is 8.16. The second kappa shape index (κ2) is 3.64. The summed E-state index contributed by atoms with van der Waals surface area (Å²) in [6.07, 6.45) is 3.87. The van der Waals surface area contributed by atoms with Gasteiger partial charge >= 0.3 is 0 Å². The molecule has 0 aliphatic carbocycles. The van der Waals surface area contributed by atoms with E-state index in [1.54, 1.807) is 6.08 Å². The fourth-order valence-electron chi connectivity index (χ4n) is 1.87. The second-order valence-corrected chi connectivity index (χ2v) is 3.54. The largest absolute Gasteiger partial charge is 0.374 e. The Morgan fingerprint density at radius 2 is 2.36 bits per heavy atom. The van der Waals surface area contributed by atoms with Crippen molar-refractivity contribution >= 4 is 17.5 Å². The predicted molar refractivity (Wildman–Crippen MR) is 55.8 cm³/mol. The summed E-state index contributed by atoms with van der Waals surface area (Å²) in [6, 6.07) is 5.85. The Bertz CT molecular complexity index is 394. The van der Waals surface area contributed by atoms with E-state index in [1.165, 1.54) is 17.7 Å². The van der Waals surface area contributed by atoms with Gasteiger partial charge in [0.2, 0.25) is 6.08 Å². The molecule has 1 heterocycles. The molecule has 0 unspecified atom stereocenters. The molecule has 0 atom stereocenters. The Morgan fingerprint density at radius 3 is 3.14 bits per heavy atom.